The zero-order chi connectivity index (χ0) is 9.26. The highest BCUT2D eigenvalue weighted by molar-refractivity contribution is 4.85. The summed E-state index contributed by atoms with van der Waals surface area (Å²) in [5.41, 5.74) is 0. The smallest absolute Gasteiger partial charge is 0.0195 e. The predicted molar refractivity (Wildman–Crippen MR) is 55.8 cm³/mol. The van der Waals surface area contributed by atoms with Crippen LogP contribution in [0, 0.1) is 5.92 Å². The van der Waals surface area contributed by atoms with Crippen LogP contribution in [0.4, 0.5) is 0 Å². The third-order valence-electron chi connectivity index (χ3n) is 3.53. The van der Waals surface area contributed by atoms with Crippen LogP contribution < -0.4 is 5.32 Å². The fraction of sp³-hybridized carbons (Fsp3) is 1.00. The van der Waals surface area contributed by atoms with Gasteiger partial charge in [0.1, 0.15) is 0 Å². The van der Waals surface area contributed by atoms with Gasteiger partial charge in [0.15, 0.2) is 0 Å². The standard InChI is InChI=1S/C11H22N2/c1-9-6-10(2)13(7-9)8-11-4-3-5-12-11/h9-12H,3-8H2,1-2H3. The second-order valence-corrected chi connectivity index (χ2v) is 4.94. The molecule has 1 N–H and O–H groups in total. The van der Waals surface area contributed by atoms with E-state index in [2.05, 4.69) is 24.1 Å². The summed E-state index contributed by atoms with van der Waals surface area (Å²) >= 11 is 0. The summed E-state index contributed by atoms with van der Waals surface area (Å²) < 4.78 is 0. The van der Waals surface area contributed by atoms with E-state index < -0.39 is 0 Å². The Morgan fingerprint density at radius 3 is 2.77 bits per heavy atom. The Morgan fingerprint density at radius 2 is 2.23 bits per heavy atom. The van der Waals surface area contributed by atoms with Gasteiger partial charge < -0.3 is 5.32 Å². The summed E-state index contributed by atoms with van der Waals surface area (Å²) in [6, 6.07) is 1.60. The van der Waals surface area contributed by atoms with E-state index in [1.165, 1.54) is 38.9 Å². The van der Waals surface area contributed by atoms with Crippen molar-refractivity contribution in [1.82, 2.24) is 10.2 Å². The molecule has 0 aromatic carbocycles. The Balaban J connectivity index is 1.80. The molecule has 3 atom stereocenters. The highest BCUT2D eigenvalue weighted by Crippen LogP contribution is 2.23. The predicted octanol–water partition coefficient (Wildman–Crippen LogP) is 1.47. The lowest BCUT2D eigenvalue weighted by atomic mass is 10.1. The molecule has 2 heterocycles. The molecule has 13 heavy (non-hydrogen) atoms. The number of rotatable bonds is 2. The third kappa shape index (κ3) is 2.23. The Hall–Kier alpha value is -0.0800. The topological polar surface area (TPSA) is 15.3 Å². The average molecular weight is 182 g/mol. The summed E-state index contributed by atoms with van der Waals surface area (Å²) in [5, 5.41) is 3.58. The van der Waals surface area contributed by atoms with Crippen LogP contribution in [0.25, 0.3) is 0 Å². The second kappa shape index (κ2) is 3.97. The van der Waals surface area contributed by atoms with Crippen LogP contribution in [0.3, 0.4) is 0 Å². The Morgan fingerprint density at radius 1 is 1.38 bits per heavy atom. The van der Waals surface area contributed by atoms with Gasteiger partial charge in [0.2, 0.25) is 0 Å². The monoisotopic (exact) mass is 182 g/mol. The zero-order valence-corrected chi connectivity index (χ0v) is 8.92. The van der Waals surface area contributed by atoms with Crippen molar-refractivity contribution in [3.8, 4) is 0 Å². The number of hydrogen-bond donors (Lipinski definition) is 1. The van der Waals surface area contributed by atoms with Gasteiger partial charge in [-0.3, -0.25) is 4.90 Å². The lowest BCUT2D eigenvalue weighted by molar-refractivity contribution is 0.241. The highest BCUT2D eigenvalue weighted by atomic mass is 15.2. The van der Waals surface area contributed by atoms with Gasteiger partial charge in [0.05, 0.1) is 0 Å². The first-order chi connectivity index (χ1) is 6.25. The molecule has 0 amide bonds. The molecule has 2 fully saturated rings. The second-order valence-electron chi connectivity index (χ2n) is 4.94. The molecule has 2 aliphatic heterocycles. The molecule has 0 saturated carbocycles. The van der Waals surface area contributed by atoms with E-state index in [0.717, 1.165) is 18.0 Å². The van der Waals surface area contributed by atoms with Gasteiger partial charge in [-0.2, -0.15) is 0 Å². The molecule has 0 aliphatic carbocycles. The average Bonchev–Trinajstić information content (AvgIpc) is 2.63. The first kappa shape index (κ1) is 9.47. The van der Waals surface area contributed by atoms with Crippen molar-refractivity contribution in [3.05, 3.63) is 0 Å². The van der Waals surface area contributed by atoms with Gasteiger partial charge in [-0.25, -0.2) is 0 Å². The minimum absolute atomic E-state index is 0.785. The molecule has 76 valence electrons. The molecule has 0 aromatic rings. The number of nitrogens with zero attached hydrogens (tertiary/aromatic N) is 1. The fourth-order valence-electron chi connectivity index (χ4n) is 2.84. The quantitative estimate of drug-likeness (QED) is 0.695. The Labute approximate surface area is 81.7 Å². The maximum Gasteiger partial charge on any atom is 0.0195 e. The Bertz CT molecular complexity index is 163. The number of likely N-dealkylation sites (tertiary alicyclic amines) is 1. The van der Waals surface area contributed by atoms with Crippen molar-refractivity contribution in [2.75, 3.05) is 19.6 Å². The molecule has 2 rings (SSSR count). The molecule has 0 aromatic heterocycles. The van der Waals surface area contributed by atoms with E-state index in [0.29, 0.717) is 0 Å². The molecule has 2 nitrogen and oxygen atoms in total. The Kier molecular flexibility index (Phi) is 2.89. The van der Waals surface area contributed by atoms with E-state index in [1.54, 1.807) is 0 Å². The SMILES string of the molecule is CC1CC(C)N(CC2CCCN2)C1. The fourth-order valence-corrected chi connectivity index (χ4v) is 2.84. The van der Waals surface area contributed by atoms with E-state index in [4.69, 9.17) is 0 Å². The van der Waals surface area contributed by atoms with E-state index in [-0.39, 0.29) is 0 Å². The van der Waals surface area contributed by atoms with Crippen molar-refractivity contribution in [1.29, 1.82) is 0 Å². The van der Waals surface area contributed by atoms with Gasteiger partial charge in [-0.15, -0.1) is 0 Å². The van der Waals surface area contributed by atoms with Gasteiger partial charge in [-0.05, 0) is 38.6 Å². The van der Waals surface area contributed by atoms with Gasteiger partial charge in [0.25, 0.3) is 0 Å². The molecule has 0 bridgehead atoms. The van der Waals surface area contributed by atoms with Crippen molar-refractivity contribution in [3.63, 3.8) is 0 Å². The van der Waals surface area contributed by atoms with Crippen LogP contribution in [0.2, 0.25) is 0 Å². The van der Waals surface area contributed by atoms with Crippen LogP contribution in [0.1, 0.15) is 33.1 Å². The third-order valence-corrected chi connectivity index (χ3v) is 3.53. The zero-order valence-electron chi connectivity index (χ0n) is 8.92. The highest BCUT2D eigenvalue weighted by Gasteiger charge is 2.28. The van der Waals surface area contributed by atoms with E-state index >= 15 is 0 Å². The minimum atomic E-state index is 0.785. The summed E-state index contributed by atoms with van der Waals surface area (Å²) in [6.07, 6.45) is 4.16. The molecular formula is C11H22N2. The molecule has 3 unspecified atom stereocenters. The molecule has 2 saturated heterocycles. The first-order valence-electron chi connectivity index (χ1n) is 5.73. The van der Waals surface area contributed by atoms with Gasteiger partial charge in [-0.1, -0.05) is 6.92 Å². The molecule has 0 radical (unpaired) electrons. The van der Waals surface area contributed by atoms with E-state index in [9.17, 15) is 0 Å². The molecule has 2 aliphatic rings. The van der Waals surface area contributed by atoms with Crippen LogP contribution >= 0.6 is 0 Å². The molecule has 2 heteroatoms. The van der Waals surface area contributed by atoms with Crippen molar-refractivity contribution in [2.45, 2.75) is 45.2 Å². The largest absolute Gasteiger partial charge is 0.313 e. The minimum Gasteiger partial charge on any atom is -0.313 e. The number of hydrogen-bond acceptors (Lipinski definition) is 2. The lowest BCUT2D eigenvalue weighted by Gasteiger charge is -2.24. The maximum atomic E-state index is 3.58. The number of nitrogens with one attached hydrogen (secondary N) is 1. The van der Waals surface area contributed by atoms with Crippen LogP contribution in [-0.2, 0) is 0 Å². The van der Waals surface area contributed by atoms with Crippen molar-refractivity contribution in [2.24, 2.45) is 5.92 Å². The van der Waals surface area contributed by atoms with Gasteiger partial charge >= 0.3 is 0 Å². The molecular weight excluding hydrogens is 160 g/mol. The van der Waals surface area contributed by atoms with Crippen molar-refractivity contribution >= 4 is 0 Å². The summed E-state index contributed by atoms with van der Waals surface area (Å²) in [7, 11) is 0. The summed E-state index contributed by atoms with van der Waals surface area (Å²) in [5.74, 6) is 0.913. The maximum absolute atomic E-state index is 3.58. The first-order valence-corrected chi connectivity index (χ1v) is 5.73. The normalized spacial score (nSPS) is 41.5. The summed E-state index contributed by atoms with van der Waals surface area (Å²) in [6.45, 7) is 8.59. The van der Waals surface area contributed by atoms with Crippen LogP contribution in [0.5, 0.6) is 0 Å². The van der Waals surface area contributed by atoms with Crippen molar-refractivity contribution < 1.29 is 0 Å². The van der Waals surface area contributed by atoms with Crippen LogP contribution in [-0.4, -0.2) is 36.6 Å². The molecule has 0 spiro atoms. The lowest BCUT2D eigenvalue weighted by Crippen LogP contribution is -2.39. The van der Waals surface area contributed by atoms with Crippen LogP contribution in [0.15, 0.2) is 0 Å². The van der Waals surface area contributed by atoms with E-state index in [1.807, 2.05) is 0 Å². The summed E-state index contributed by atoms with van der Waals surface area (Å²) in [4.78, 5) is 2.66. The van der Waals surface area contributed by atoms with Gasteiger partial charge in [0, 0.05) is 25.2 Å².